The number of amides is 2. The molecule has 3 N–H and O–H groups in total. The number of imide groups is 1. The summed E-state index contributed by atoms with van der Waals surface area (Å²) in [5.74, 6) is -4.44. The summed E-state index contributed by atoms with van der Waals surface area (Å²) in [6.45, 7) is 1.74. The average molecular weight is 525 g/mol. The highest BCUT2D eigenvalue weighted by atomic mass is 19.1. The minimum Gasteiger partial charge on any atom is -0.492 e. The molecule has 1 fully saturated rings. The number of ether oxygens (including phenoxy) is 1. The van der Waals surface area contributed by atoms with E-state index in [1.54, 1.807) is 29.2 Å². The van der Waals surface area contributed by atoms with Crippen LogP contribution in [0.5, 0.6) is 5.75 Å². The number of fused-ring (bicyclic) bond motifs is 2. The second-order valence-corrected chi connectivity index (χ2v) is 9.84. The van der Waals surface area contributed by atoms with Crippen molar-refractivity contribution in [1.82, 2.24) is 4.90 Å². The van der Waals surface area contributed by atoms with Gasteiger partial charge in [-0.05, 0) is 43.5 Å². The van der Waals surface area contributed by atoms with Gasteiger partial charge in [-0.25, -0.2) is 4.39 Å². The van der Waals surface area contributed by atoms with Crippen molar-refractivity contribution in [2.24, 2.45) is 17.6 Å². The molecule has 0 aromatic heterocycles. The number of carboxylic acids is 1. The summed E-state index contributed by atoms with van der Waals surface area (Å²) in [5, 5.41) is 9.71. The van der Waals surface area contributed by atoms with Crippen LogP contribution < -0.4 is 20.3 Å². The molecule has 10 nitrogen and oxygen atoms in total. The highest BCUT2D eigenvalue weighted by Crippen LogP contribution is 2.47. The van der Waals surface area contributed by atoms with Crippen molar-refractivity contribution in [3.8, 4) is 5.75 Å². The van der Waals surface area contributed by atoms with E-state index in [1.807, 2.05) is 4.90 Å². The van der Waals surface area contributed by atoms with Gasteiger partial charge in [-0.2, -0.15) is 0 Å². The van der Waals surface area contributed by atoms with E-state index in [2.05, 4.69) is 0 Å². The predicted octanol–water partition coefficient (Wildman–Crippen LogP) is 2.01. The normalized spacial score (nSPS) is 20.7. The second kappa shape index (κ2) is 10.1. The number of halogens is 1. The summed E-state index contributed by atoms with van der Waals surface area (Å²) in [6, 6.07) is 7.69. The molecule has 2 aromatic carbocycles. The quantitative estimate of drug-likeness (QED) is 0.393. The molecule has 5 rings (SSSR count). The van der Waals surface area contributed by atoms with Crippen molar-refractivity contribution in [1.29, 1.82) is 0 Å². The van der Waals surface area contributed by atoms with Crippen LogP contribution in [-0.2, 0) is 4.79 Å². The molecule has 3 heterocycles. The number of hydrogen-bond donors (Lipinski definition) is 2. The Morgan fingerprint density at radius 1 is 1.08 bits per heavy atom. The lowest BCUT2D eigenvalue weighted by Crippen LogP contribution is -2.44. The van der Waals surface area contributed by atoms with Gasteiger partial charge in [0, 0.05) is 38.3 Å². The Morgan fingerprint density at radius 3 is 2.34 bits per heavy atom. The zero-order valence-electron chi connectivity index (χ0n) is 21.0. The van der Waals surface area contributed by atoms with Gasteiger partial charge in [-0.1, -0.05) is 12.1 Å². The Hall–Kier alpha value is -3.99. The number of carboxylic acid groups (broad SMARTS) is 1. The van der Waals surface area contributed by atoms with Gasteiger partial charge in [0.2, 0.25) is 0 Å². The molecule has 1 unspecified atom stereocenters. The van der Waals surface area contributed by atoms with Crippen molar-refractivity contribution in [2.45, 2.75) is 12.8 Å². The summed E-state index contributed by atoms with van der Waals surface area (Å²) in [7, 11) is 1.39. The number of nitrogens with zero attached hydrogens (tertiary/aromatic N) is 3. The summed E-state index contributed by atoms with van der Waals surface area (Å²) < 4.78 is 21.1. The standard InChI is InChI=1S/C27H29FN4O6/c1-38-24-21-18(11-20(28)22(24)31-10-7-15(12-29)13-31)23(33)19(27(36)37)14-30(21)8-4-9-32-25(34)16-5-2-3-6-17(16)26(32)35/h2-3,5-6,11,15,19H,4,7-10,12-14,29H2,1H3,(H,36,37)/t15-,19?/m0/s1. The molecule has 11 heteroatoms. The summed E-state index contributed by atoms with van der Waals surface area (Å²) in [6.07, 6.45) is 1.10. The number of anilines is 2. The molecule has 0 radical (unpaired) electrons. The number of methoxy groups -OCH3 is 1. The first-order valence-electron chi connectivity index (χ1n) is 12.6. The Balaban J connectivity index is 1.45. The third kappa shape index (κ3) is 4.16. The van der Waals surface area contributed by atoms with Crippen LogP contribution in [0.15, 0.2) is 30.3 Å². The molecule has 2 atom stereocenters. The highest BCUT2D eigenvalue weighted by molar-refractivity contribution is 6.21. The third-order valence-electron chi connectivity index (χ3n) is 7.61. The molecule has 0 saturated carbocycles. The predicted molar refractivity (Wildman–Crippen MR) is 136 cm³/mol. The van der Waals surface area contributed by atoms with E-state index in [1.165, 1.54) is 12.0 Å². The van der Waals surface area contributed by atoms with Crippen LogP contribution >= 0.6 is 0 Å². The van der Waals surface area contributed by atoms with Crippen molar-refractivity contribution in [3.63, 3.8) is 0 Å². The molecule has 3 aliphatic rings. The molecular formula is C27H29FN4O6. The van der Waals surface area contributed by atoms with Gasteiger partial charge in [0.15, 0.2) is 17.3 Å². The maximum Gasteiger partial charge on any atom is 0.316 e. The molecule has 1 saturated heterocycles. The number of nitrogens with two attached hydrogens (primary N) is 1. The summed E-state index contributed by atoms with van der Waals surface area (Å²) in [4.78, 5) is 55.2. The largest absolute Gasteiger partial charge is 0.492 e. The van der Waals surface area contributed by atoms with E-state index in [-0.39, 0.29) is 54.4 Å². The molecule has 38 heavy (non-hydrogen) atoms. The first-order chi connectivity index (χ1) is 18.3. The van der Waals surface area contributed by atoms with Crippen LogP contribution in [0.4, 0.5) is 15.8 Å². The summed E-state index contributed by atoms with van der Waals surface area (Å²) in [5.41, 5.74) is 7.00. The summed E-state index contributed by atoms with van der Waals surface area (Å²) >= 11 is 0. The van der Waals surface area contributed by atoms with Crippen molar-refractivity contribution in [3.05, 3.63) is 52.8 Å². The first kappa shape index (κ1) is 25.7. The maximum atomic E-state index is 15.5. The van der Waals surface area contributed by atoms with E-state index >= 15 is 4.39 Å². The fourth-order valence-electron chi connectivity index (χ4n) is 5.66. The zero-order valence-corrected chi connectivity index (χ0v) is 21.0. The van der Waals surface area contributed by atoms with Crippen molar-refractivity contribution >= 4 is 34.9 Å². The first-order valence-corrected chi connectivity index (χ1v) is 12.6. The number of aliphatic carboxylic acids is 1. The van der Waals surface area contributed by atoms with Crippen LogP contribution in [0, 0.1) is 17.7 Å². The Labute approximate surface area is 218 Å². The van der Waals surface area contributed by atoms with Crippen LogP contribution in [0.2, 0.25) is 0 Å². The maximum absolute atomic E-state index is 15.5. The van der Waals surface area contributed by atoms with Crippen LogP contribution in [-0.4, -0.2) is 80.0 Å². The van der Waals surface area contributed by atoms with E-state index in [9.17, 15) is 24.3 Å². The zero-order chi connectivity index (χ0) is 27.1. The van der Waals surface area contributed by atoms with Gasteiger partial charge in [-0.3, -0.25) is 24.1 Å². The minimum absolute atomic E-state index is 0.0583. The Bertz CT molecular complexity index is 1300. The van der Waals surface area contributed by atoms with Gasteiger partial charge >= 0.3 is 5.97 Å². The number of benzene rings is 2. The number of carbonyl (C=O) groups is 4. The number of Topliss-reactive ketones (excluding diaryl/α,β-unsaturated/α-hetero) is 1. The molecule has 0 bridgehead atoms. The molecule has 2 amide bonds. The number of ketones is 1. The Kier molecular flexibility index (Phi) is 6.78. The van der Waals surface area contributed by atoms with E-state index < -0.39 is 23.5 Å². The lowest BCUT2D eigenvalue weighted by molar-refractivity contribution is -0.139. The van der Waals surface area contributed by atoms with Crippen LogP contribution in [0.3, 0.4) is 0 Å². The van der Waals surface area contributed by atoms with E-state index in [4.69, 9.17) is 10.5 Å². The fourth-order valence-corrected chi connectivity index (χ4v) is 5.66. The van der Waals surface area contributed by atoms with Gasteiger partial charge in [-0.15, -0.1) is 0 Å². The lowest BCUT2D eigenvalue weighted by Gasteiger charge is -2.36. The average Bonchev–Trinajstić information content (AvgIpc) is 3.48. The van der Waals surface area contributed by atoms with Gasteiger partial charge in [0.25, 0.3) is 11.8 Å². The van der Waals surface area contributed by atoms with E-state index in [0.717, 1.165) is 12.5 Å². The fraction of sp³-hybridized carbons (Fsp3) is 0.407. The third-order valence-corrected chi connectivity index (χ3v) is 7.61. The second-order valence-electron chi connectivity index (χ2n) is 9.84. The van der Waals surface area contributed by atoms with Gasteiger partial charge < -0.3 is 25.4 Å². The molecule has 200 valence electrons. The van der Waals surface area contributed by atoms with Gasteiger partial charge in [0.1, 0.15) is 11.6 Å². The van der Waals surface area contributed by atoms with Crippen molar-refractivity contribution < 1.29 is 33.4 Å². The molecule has 0 spiro atoms. The minimum atomic E-state index is -1.38. The van der Waals surface area contributed by atoms with Gasteiger partial charge in [0.05, 0.1) is 23.9 Å². The van der Waals surface area contributed by atoms with E-state index in [0.29, 0.717) is 42.9 Å². The lowest BCUT2D eigenvalue weighted by atomic mass is 9.89. The molecular weight excluding hydrogens is 495 g/mol. The number of hydrogen-bond acceptors (Lipinski definition) is 8. The smallest absolute Gasteiger partial charge is 0.316 e. The van der Waals surface area contributed by atoms with Crippen molar-refractivity contribution in [2.75, 3.05) is 56.2 Å². The molecule has 0 aliphatic carbocycles. The van der Waals surface area contributed by atoms with Crippen LogP contribution in [0.25, 0.3) is 0 Å². The molecule has 2 aromatic rings. The number of rotatable bonds is 8. The topological polar surface area (TPSA) is 133 Å². The Morgan fingerprint density at radius 2 is 1.76 bits per heavy atom. The SMILES string of the molecule is COc1c(N2CC[C@@H](CN)C2)c(F)cc2c1N(CCCN1C(=O)c3ccccc3C1=O)CC(C(=O)O)C2=O. The number of carbonyl (C=O) groups excluding carboxylic acids is 3. The monoisotopic (exact) mass is 524 g/mol. The van der Waals surface area contributed by atoms with Crippen LogP contribution in [0.1, 0.15) is 43.9 Å². The highest BCUT2D eigenvalue weighted by Gasteiger charge is 2.41. The molecule has 3 aliphatic heterocycles.